The van der Waals surface area contributed by atoms with Crippen LogP contribution in [0.4, 0.5) is 0 Å². The van der Waals surface area contributed by atoms with E-state index in [1.54, 1.807) is 36.4 Å². The lowest BCUT2D eigenvalue weighted by molar-refractivity contribution is -0.136. The van der Waals surface area contributed by atoms with Crippen molar-refractivity contribution in [2.75, 3.05) is 0 Å². The van der Waals surface area contributed by atoms with Crippen molar-refractivity contribution in [1.29, 1.82) is 0 Å². The topological polar surface area (TPSA) is 83.8 Å². The van der Waals surface area contributed by atoms with Crippen LogP contribution in [-0.4, -0.2) is 22.2 Å². The number of aliphatic carboxylic acids is 1. The van der Waals surface area contributed by atoms with Crippen molar-refractivity contribution in [3.05, 3.63) is 59.7 Å². The average molecular weight is 286 g/mol. The molecule has 0 aromatic heterocycles. The van der Waals surface area contributed by atoms with E-state index >= 15 is 0 Å². The molecule has 0 spiro atoms. The Bertz CT molecular complexity index is 629. The van der Waals surface area contributed by atoms with Crippen molar-refractivity contribution in [3.8, 4) is 11.5 Å². The molecule has 108 valence electrons. The summed E-state index contributed by atoms with van der Waals surface area (Å²) in [7, 11) is 0. The van der Waals surface area contributed by atoms with Gasteiger partial charge in [0.15, 0.2) is 0 Å². The molecule has 0 fully saturated rings. The molecule has 0 unspecified atom stereocenters. The lowest BCUT2D eigenvalue weighted by atomic mass is 10.1. The highest BCUT2D eigenvalue weighted by Gasteiger charge is 2.07. The fraction of sp³-hybridized carbons (Fsp3) is 0.125. The lowest BCUT2D eigenvalue weighted by Gasteiger charge is -2.05. The summed E-state index contributed by atoms with van der Waals surface area (Å²) in [6.07, 6.45) is 0.0267. The SMILES string of the molecule is O=C(O)Cc1ccc(OC(=O)Cc2ccc(O)cc2)cc1. The molecule has 2 rings (SSSR count). The molecule has 0 radical (unpaired) electrons. The average Bonchev–Trinajstić information content (AvgIpc) is 2.43. The van der Waals surface area contributed by atoms with E-state index in [0.29, 0.717) is 11.3 Å². The van der Waals surface area contributed by atoms with Crippen LogP contribution in [0.3, 0.4) is 0 Å². The molecule has 5 nitrogen and oxygen atoms in total. The number of phenolic OH excluding ortho intramolecular Hbond substituents is 1. The zero-order valence-corrected chi connectivity index (χ0v) is 11.2. The summed E-state index contributed by atoms with van der Waals surface area (Å²) in [5, 5.41) is 17.8. The van der Waals surface area contributed by atoms with Gasteiger partial charge in [0.1, 0.15) is 11.5 Å². The van der Waals surface area contributed by atoms with Gasteiger partial charge in [-0.05, 0) is 35.4 Å². The van der Waals surface area contributed by atoms with Crippen LogP contribution in [0.2, 0.25) is 0 Å². The third-order valence-corrected chi connectivity index (χ3v) is 2.80. The van der Waals surface area contributed by atoms with Gasteiger partial charge < -0.3 is 14.9 Å². The number of hydrogen-bond acceptors (Lipinski definition) is 4. The first-order chi connectivity index (χ1) is 10.0. The van der Waals surface area contributed by atoms with Gasteiger partial charge in [-0.25, -0.2) is 0 Å². The molecule has 5 heteroatoms. The van der Waals surface area contributed by atoms with E-state index in [-0.39, 0.29) is 18.6 Å². The molecule has 0 bridgehead atoms. The van der Waals surface area contributed by atoms with Crippen molar-refractivity contribution in [2.45, 2.75) is 12.8 Å². The standard InChI is InChI=1S/C16H14O5/c17-13-5-1-12(2-6-13)10-16(20)21-14-7-3-11(4-8-14)9-15(18)19/h1-8,17H,9-10H2,(H,18,19). The van der Waals surface area contributed by atoms with E-state index in [2.05, 4.69) is 0 Å². The number of esters is 1. The number of carbonyl (C=O) groups excluding carboxylic acids is 1. The molecule has 0 aliphatic carbocycles. The number of carboxylic acids is 1. The molecule has 0 atom stereocenters. The van der Waals surface area contributed by atoms with Gasteiger partial charge in [0.2, 0.25) is 0 Å². The highest BCUT2D eigenvalue weighted by molar-refractivity contribution is 5.75. The summed E-state index contributed by atoms with van der Waals surface area (Å²) >= 11 is 0. The largest absolute Gasteiger partial charge is 0.508 e. The molecular formula is C16H14O5. The van der Waals surface area contributed by atoms with Crippen LogP contribution >= 0.6 is 0 Å². The highest BCUT2D eigenvalue weighted by Crippen LogP contribution is 2.15. The van der Waals surface area contributed by atoms with Crippen molar-refractivity contribution in [2.24, 2.45) is 0 Å². The Balaban J connectivity index is 1.93. The third kappa shape index (κ3) is 4.65. The minimum absolute atomic E-state index is 0.0677. The maximum absolute atomic E-state index is 11.8. The van der Waals surface area contributed by atoms with Gasteiger partial charge in [-0.3, -0.25) is 9.59 Å². The molecule has 0 heterocycles. The van der Waals surface area contributed by atoms with Crippen molar-refractivity contribution in [3.63, 3.8) is 0 Å². The number of phenols is 1. The second-order valence-electron chi connectivity index (χ2n) is 4.53. The van der Waals surface area contributed by atoms with E-state index in [1.807, 2.05) is 0 Å². The number of carboxylic acid groups (broad SMARTS) is 1. The normalized spacial score (nSPS) is 10.1. The molecule has 0 amide bonds. The summed E-state index contributed by atoms with van der Waals surface area (Å²) in [5.41, 5.74) is 1.38. The zero-order chi connectivity index (χ0) is 15.2. The lowest BCUT2D eigenvalue weighted by Crippen LogP contribution is -2.11. The molecule has 2 aromatic carbocycles. The number of benzene rings is 2. The third-order valence-electron chi connectivity index (χ3n) is 2.80. The number of rotatable bonds is 5. The Morgan fingerprint density at radius 2 is 1.38 bits per heavy atom. The number of aromatic hydroxyl groups is 1. The Kier molecular flexibility index (Phi) is 4.56. The van der Waals surface area contributed by atoms with Gasteiger partial charge in [0.05, 0.1) is 12.8 Å². The van der Waals surface area contributed by atoms with Crippen molar-refractivity contribution < 1.29 is 24.5 Å². The predicted molar refractivity (Wildman–Crippen MR) is 75.2 cm³/mol. The summed E-state index contributed by atoms with van der Waals surface area (Å²) in [6.45, 7) is 0. The zero-order valence-electron chi connectivity index (χ0n) is 11.2. The summed E-state index contributed by atoms with van der Waals surface area (Å²) in [5.74, 6) is -0.826. The van der Waals surface area contributed by atoms with Gasteiger partial charge in [-0.2, -0.15) is 0 Å². The van der Waals surface area contributed by atoms with Crippen LogP contribution in [0, 0.1) is 0 Å². The van der Waals surface area contributed by atoms with E-state index in [4.69, 9.17) is 14.9 Å². The molecule has 0 saturated heterocycles. The van der Waals surface area contributed by atoms with Crippen molar-refractivity contribution in [1.82, 2.24) is 0 Å². The van der Waals surface area contributed by atoms with Crippen LogP contribution in [0.5, 0.6) is 11.5 Å². The second-order valence-corrected chi connectivity index (χ2v) is 4.53. The number of carbonyl (C=O) groups is 2. The molecule has 0 saturated carbocycles. The maximum Gasteiger partial charge on any atom is 0.315 e. The van der Waals surface area contributed by atoms with Gasteiger partial charge in [0, 0.05) is 0 Å². The first-order valence-corrected chi connectivity index (χ1v) is 6.32. The second kappa shape index (κ2) is 6.56. The van der Waals surface area contributed by atoms with Crippen LogP contribution < -0.4 is 4.74 Å². The molecule has 0 aliphatic heterocycles. The fourth-order valence-electron chi connectivity index (χ4n) is 1.80. The van der Waals surface area contributed by atoms with Crippen LogP contribution in [0.15, 0.2) is 48.5 Å². The van der Waals surface area contributed by atoms with E-state index in [9.17, 15) is 9.59 Å². The quantitative estimate of drug-likeness (QED) is 0.650. The van der Waals surface area contributed by atoms with Gasteiger partial charge >= 0.3 is 11.9 Å². The highest BCUT2D eigenvalue weighted by atomic mass is 16.5. The summed E-state index contributed by atoms with van der Waals surface area (Å²) in [4.78, 5) is 22.3. The summed E-state index contributed by atoms with van der Waals surface area (Å²) < 4.78 is 5.16. The van der Waals surface area contributed by atoms with E-state index in [1.165, 1.54) is 12.1 Å². The Morgan fingerprint density at radius 1 is 0.857 bits per heavy atom. The number of hydrogen-bond donors (Lipinski definition) is 2. The van der Waals surface area contributed by atoms with Crippen molar-refractivity contribution >= 4 is 11.9 Å². The minimum atomic E-state index is -0.910. The van der Waals surface area contributed by atoms with E-state index < -0.39 is 11.9 Å². The van der Waals surface area contributed by atoms with E-state index in [0.717, 1.165) is 5.56 Å². The van der Waals surface area contributed by atoms with Gasteiger partial charge in [0.25, 0.3) is 0 Å². The van der Waals surface area contributed by atoms with Crippen LogP contribution in [0.25, 0.3) is 0 Å². The Labute approximate surface area is 121 Å². The molecular weight excluding hydrogens is 272 g/mol. The predicted octanol–water partition coefficient (Wildman–Crippen LogP) is 2.17. The number of ether oxygens (including phenoxy) is 1. The Morgan fingerprint density at radius 3 is 1.95 bits per heavy atom. The maximum atomic E-state index is 11.8. The summed E-state index contributed by atoms with van der Waals surface area (Å²) in [6, 6.07) is 12.6. The smallest absolute Gasteiger partial charge is 0.315 e. The minimum Gasteiger partial charge on any atom is -0.508 e. The molecule has 0 aliphatic rings. The molecule has 2 aromatic rings. The first-order valence-electron chi connectivity index (χ1n) is 6.32. The van der Waals surface area contributed by atoms with Crippen LogP contribution in [0.1, 0.15) is 11.1 Å². The monoisotopic (exact) mass is 286 g/mol. The van der Waals surface area contributed by atoms with Gasteiger partial charge in [-0.15, -0.1) is 0 Å². The molecule has 21 heavy (non-hydrogen) atoms. The Hall–Kier alpha value is -2.82. The van der Waals surface area contributed by atoms with Crippen LogP contribution in [-0.2, 0) is 22.4 Å². The van der Waals surface area contributed by atoms with Gasteiger partial charge in [-0.1, -0.05) is 24.3 Å². The first kappa shape index (κ1) is 14.6. The molecule has 2 N–H and O–H groups in total. The fourth-order valence-corrected chi connectivity index (χ4v) is 1.80.